The zero-order chi connectivity index (χ0) is 28.2. The van der Waals surface area contributed by atoms with Crippen LogP contribution in [0.15, 0.2) is 152 Å². The van der Waals surface area contributed by atoms with E-state index in [9.17, 15) is 9.59 Å². The van der Waals surface area contributed by atoms with Crippen molar-refractivity contribution in [3.63, 3.8) is 0 Å². The lowest BCUT2D eigenvalue weighted by Gasteiger charge is -2.15. The Morgan fingerprint density at radius 3 is 1.14 bits per heavy atom. The van der Waals surface area contributed by atoms with Crippen LogP contribution in [0.1, 0.15) is 0 Å². The van der Waals surface area contributed by atoms with Gasteiger partial charge in [-0.3, -0.25) is 9.59 Å². The van der Waals surface area contributed by atoms with Crippen molar-refractivity contribution in [3.05, 3.63) is 154 Å². The van der Waals surface area contributed by atoms with Crippen LogP contribution in [0.4, 0.5) is 0 Å². The first kappa shape index (κ1) is 24.1. The molecule has 0 unspecified atom stereocenters. The summed E-state index contributed by atoms with van der Waals surface area (Å²) in [6.45, 7) is 0. The van der Waals surface area contributed by atoms with Crippen molar-refractivity contribution in [1.82, 2.24) is 0 Å². The molecular weight excluding hydrogens is 520 g/mol. The fourth-order valence-electron chi connectivity index (χ4n) is 5.88. The van der Waals surface area contributed by atoms with E-state index in [-0.39, 0.29) is 10.9 Å². The van der Waals surface area contributed by atoms with Gasteiger partial charge in [0.05, 0.1) is 21.5 Å². The molecule has 0 saturated heterocycles. The van der Waals surface area contributed by atoms with Gasteiger partial charge in [-0.05, 0) is 81.9 Å². The summed E-state index contributed by atoms with van der Waals surface area (Å²) in [7, 11) is 0. The van der Waals surface area contributed by atoms with Gasteiger partial charge in [-0.1, -0.05) is 84.9 Å². The maximum absolute atomic E-state index is 13.4. The molecule has 198 valence electrons. The highest BCUT2D eigenvalue weighted by molar-refractivity contribution is 5.98. The maximum atomic E-state index is 13.4. The van der Waals surface area contributed by atoms with E-state index in [0.717, 1.165) is 33.4 Å². The highest BCUT2D eigenvalue weighted by atomic mass is 16.3. The van der Waals surface area contributed by atoms with Crippen LogP contribution in [0.3, 0.4) is 0 Å². The molecule has 0 spiro atoms. The van der Waals surface area contributed by atoms with Gasteiger partial charge in [0.25, 0.3) is 0 Å². The molecule has 42 heavy (non-hydrogen) atoms. The number of rotatable bonds is 3. The summed E-state index contributed by atoms with van der Waals surface area (Å²) in [5.74, 6) is 0. The number of benzene rings is 6. The lowest BCUT2D eigenvalue weighted by molar-refractivity contribution is 0.659. The summed E-state index contributed by atoms with van der Waals surface area (Å²) in [6.07, 6.45) is 0. The van der Waals surface area contributed by atoms with Gasteiger partial charge in [0.2, 0.25) is 10.9 Å². The lowest BCUT2D eigenvalue weighted by Crippen LogP contribution is -2.02. The third-order valence-corrected chi connectivity index (χ3v) is 7.92. The second kappa shape index (κ2) is 9.43. The van der Waals surface area contributed by atoms with Gasteiger partial charge in [-0.2, -0.15) is 0 Å². The van der Waals surface area contributed by atoms with Crippen LogP contribution in [0.5, 0.6) is 0 Å². The number of para-hydroxylation sites is 2. The molecule has 0 aliphatic heterocycles. The molecule has 0 bridgehead atoms. The average Bonchev–Trinajstić information content (AvgIpc) is 3.05. The van der Waals surface area contributed by atoms with E-state index in [0.29, 0.717) is 43.9 Å². The minimum Gasteiger partial charge on any atom is -0.456 e. The molecule has 0 N–H and O–H groups in total. The van der Waals surface area contributed by atoms with E-state index in [4.69, 9.17) is 8.83 Å². The maximum Gasteiger partial charge on any atom is 0.200 e. The highest BCUT2D eigenvalue weighted by Gasteiger charge is 2.16. The van der Waals surface area contributed by atoms with Crippen LogP contribution in [-0.2, 0) is 0 Å². The second-order valence-corrected chi connectivity index (χ2v) is 10.4. The Hall–Kier alpha value is -5.74. The van der Waals surface area contributed by atoms with Crippen LogP contribution in [0.25, 0.3) is 77.3 Å². The fraction of sp³-hybridized carbons (Fsp3) is 0. The zero-order valence-corrected chi connectivity index (χ0v) is 22.3. The van der Waals surface area contributed by atoms with Crippen LogP contribution in [0, 0.1) is 0 Å². The minimum atomic E-state index is -0.0471. The molecule has 0 fully saturated rings. The van der Waals surface area contributed by atoms with Gasteiger partial charge in [0.15, 0.2) is 0 Å². The van der Waals surface area contributed by atoms with Gasteiger partial charge in [-0.15, -0.1) is 0 Å². The Morgan fingerprint density at radius 1 is 0.333 bits per heavy atom. The molecule has 8 rings (SSSR count). The van der Waals surface area contributed by atoms with Crippen LogP contribution in [-0.4, -0.2) is 0 Å². The van der Waals surface area contributed by atoms with Gasteiger partial charge < -0.3 is 8.83 Å². The van der Waals surface area contributed by atoms with E-state index in [1.807, 2.05) is 97.1 Å². The Bertz CT molecular complexity index is 2290. The standard InChI is InChI=1S/C38H22O4/c39-37-29-13-5-7-15-33(29)41-35-19-17-23(21-31(35)37)25-9-1-3-11-27(25)28-12-4-2-10-26(28)24-18-20-36-32(22-24)38(40)30-14-6-8-16-34(30)42-36/h1-22H. The second-order valence-electron chi connectivity index (χ2n) is 10.4. The molecule has 0 amide bonds. The van der Waals surface area contributed by atoms with E-state index in [1.165, 1.54) is 0 Å². The van der Waals surface area contributed by atoms with E-state index >= 15 is 0 Å². The van der Waals surface area contributed by atoms with E-state index in [2.05, 4.69) is 24.3 Å². The molecule has 0 aliphatic rings. The molecule has 2 heterocycles. The predicted molar refractivity (Wildman–Crippen MR) is 170 cm³/mol. The van der Waals surface area contributed by atoms with Gasteiger partial charge in [0, 0.05) is 0 Å². The largest absolute Gasteiger partial charge is 0.456 e. The van der Waals surface area contributed by atoms with E-state index in [1.54, 1.807) is 12.1 Å². The third-order valence-electron chi connectivity index (χ3n) is 7.92. The molecular formula is C38H22O4. The van der Waals surface area contributed by atoms with Crippen LogP contribution >= 0.6 is 0 Å². The topological polar surface area (TPSA) is 60.4 Å². The quantitative estimate of drug-likeness (QED) is 0.209. The van der Waals surface area contributed by atoms with Crippen molar-refractivity contribution in [2.75, 3.05) is 0 Å². The Kier molecular flexibility index (Phi) is 5.41. The van der Waals surface area contributed by atoms with Crippen molar-refractivity contribution in [3.8, 4) is 33.4 Å². The number of hydrogen-bond donors (Lipinski definition) is 0. The molecule has 0 atom stereocenters. The molecule has 0 saturated carbocycles. The fourth-order valence-corrected chi connectivity index (χ4v) is 5.88. The monoisotopic (exact) mass is 542 g/mol. The Morgan fingerprint density at radius 2 is 0.690 bits per heavy atom. The third kappa shape index (κ3) is 3.77. The van der Waals surface area contributed by atoms with Crippen LogP contribution in [0.2, 0.25) is 0 Å². The predicted octanol–water partition coefficient (Wildman–Crippen LogP) is 9.21. The summed E-state index contributed by atoms with van der Waals surface area (Å²) in [6, 6.07) is 42.5. The van der Waals surface area contributed by atoms with Crippen molar-refractivity contribution in [1.29, 1.82) is 0 Å². The minimum absolute atomic E-state index is 0.0471. The molecule has 0 aliphatic carbocycles. The lowest BCUT2D eigenvalue weighted by atomic mass is 9.89. The number of hydrogen-bond acceptors (Lipinski definition) is 4. The Labute approximate surface area is 239 Å². The summed E-state index contributed by atoms with van der Waals surface area (Å²) in [5.41, 5.74) is 8.03. The van der Waals surface area contributed by atoms with Crippen molar-refractivity contribution < 1.29 is 8.83 Å². The van der Waals surface area contributed by atoms with Gasteiger partial charge in [0.1, 0.15) is 22.3 Å². The first-order valence-corrected chi connectivity index (χ1v) is 13.8. The highest BCUT2D eigenvalue weighted by Crippen LogP contribution is 2.39. The molecule has 4 heteroatoms. The van der Waals surface area contributed by atoms with Crippen LogP contribution < -0.4 is 10.9 Å². The molecule has 6 aromatic carbocycles. The molecule has 4 nitrogen and oxygen atoms in total. The normalized spacial score (nSPS) is 11.5. The summed E-state index contributed by atoms with van der Waals surface area (Å²) < 4.78 is 12.1. The van der Waals surface area contributed by atoms with E-state index < -0.39 is 0 Å². The van der Waals surface area contributed by atoms with Gasteiger partial charge in [-0.25, -0.2) is 0 Å². The SMILES string of the molecule is O=c1c2ccccc2oc2ccc(-c3ccccc3-c3ccccc3-c3ccc4oc5ccccc5c(=O)c4c3)cc12. The van der Waals surface area contributed by atoms with Crippen molar-refractivity contribution in [2.45, 2.75) is 0 Å². The summed E-state index contributed by atoms with van der Waals surface area (Å²) >= 11 is 0. The van der Waals surface area contributed by atoms with Crippen molar-refractivity contribution in [2.24, 2.45) is 0 Å². The van der Waals surface area contributed by atoms with Crippen molar-refractivity contribution >= 4 is 43.9 Å². The first-order chi connectivity index (χ1) is 20.7. The zero-order valence-electron chi connectivity index (χ0n) is 22.3. The summed E-state index contributed by atoms with van der Waals surface area (Å²) in [5, 5.41) is 2.22. The first-order valence-electron chi connectivity index (χ1n) is 13.8. The Balaban J connectivity index is 1.31. The molecule has 0 radical (unpaired) electrons. The average molecular weight is 543 g/mol. The number of fused-ring (bicyclic) bond motifs is 4. The molecule has 8 aromatic rings. The molecule has 2 aromatic heterocycles. The van der Waals surface area contributed by atoms with Gasteiger partial charge >= 0.3 is 0 Å². The smallest absolute Gasteiger partial charge is 0.200 e. The summed E-state index contributed by atoms with van der Waals surface area (Å²) in [4.78, 5) is 26.8.